The maximum atomic E-state index is 11.6. The zero-order chi connectivity index (χ0) is 11.8. The molecule has 0 aliphatic rings. The van der Waals surface area contributed by atoms with Gasteiger partial charge in [-0.25, -0.2) is 0 Å². The number of ether oxygens (including phenoxy) is 1. The van der Waals surface area contributed by atoms with E-state index in [0.717, 1.165) is 13.1 Å². The molecule has 0 saturated carbocycles. The average Bonchev–Trinajstić information content (AvgIpc) is 2.69. The molecule has 0 atom stereocenters. The fraction of sp³-hybridized carbons (Fsp3) is 0.545. The minimum atomic E-state index is -0.0974. The highest BCUT2D eigenvalue weighted by Crippen LogP contribution is 2.07. The quantitative estimate of drug-likeness (QED) is 0.719. The summed E-state index contributed by atoms with van der Waals surface area (Å²) in [6, 6.07) is 1.67. The van der Waals surface area contributed by atoms with Gasteiger partial charge in [0.2, 0.25) is 0 Å². The Morgan fingerprint density at radius 1 is 1.41 bits per heavy atom. The SMILES string of the molecule is COCCNCCNC(=O)c1ccoc1C.Cl. The van der Waals surface area contributed by atoms with Crippen molar-refractivity contribution in [3.63, 3.8) is 0 Å². The first kappa shape index (κ1) is 16.0. The van der Waals surface area contributed by atoms with Gasteiger partial charge in [-0.05, 0) is 13.0 Å². The standard InChI is InChI=1S/C11H18N2O3.ClH/c1-9-10(3-7-16-9)11(14)13-5-4-12-6-8-15-2;/h3,7,12H,4-6,8H2,1-2H3,(H,13,14);1H. The summed E-state index contributed by atoms with van der Waals surface area (Å²) in [6.07, 6.45) is 1.51. The highest BCUT2D eigenvalue weighted by atomic mass is 35.5. The number of carbonyl (C=O) groups excluding carboxylic acids is 1. The second-order valence-corrected chi connectivity index (χ2v) is 3.39. The summed E-state index contributed by atoms with van der Waals surface area (Å²) in [7, 11) is 1.66. The fourth-order valence-corrected chi connectivity index (χ4v) is 1.28. The van der Waals surface area contributed by atoms with Crippen molar-refractivity contribution in [3.8, 4) is 0 Å². The molecule has 0 saturated heterocycles. The van der Waals surface area contributed by atoms with E-state index in [9.17, 15) is 4.79 Å². The maximum Gasteiger partial charge on any atom is 0.254 e. The van der Waals surface area contributed by atoms with Crippen molar-refractivity contribution < 1.29 is 13.9 Å². The molecule has 0 bridgehead atoms. The molecule has 0 aliphatic carbocycles. The number of aryl methyl sites for hydroxylation is 1. The van der Waals surface area contributed by atoms with Crippen molar-refractivity contribution in [2.75, 3.05) is 33.4 Å². The lowest BCUT2D eigenvalue weighted by molar-refractivity contribution is 0.0952. The molecule has 1 heterocycles. The lowest BCUT2D eigenvalue weighted by atomic mass is 10.2. The highest BCUT2D eigenvalue weighted by molar-refractivity contribution is 5.94. The Morgan fingerprint density at radius 2 is 2.18 bits per heavy atom. The normalized spacial score (nSPS) is 9.76. The largest absolute Gasteiger partial charge is 0.469 e. The van der Waals surface area contributed by atoms with Crippen LogP contribution in [0.2, 0.25) is 0 Å². The van der Waals surface area contributed by atoms with E-state index in [1.807, 2.05) is 0 Å². The summed E-state index contributed by atoms with van der Waals surface area (Å²) in [5.41, 5.74) is 0.594. The third kappa shape index (κ3) is 5.72. The summed E-state index contributed by atoms with van der Waals surface area (Å²) < 4.78 is 9.93. The first-order valence-electron chi connectivity index (χ1n) is 5.27. The van der Waals surface area contributed by atoms with Gasteiger partial charge in [0.25, 0.3) is 5.91 Å². The Morgan fingerprint density at radius 3 is 2.76 bits per heavy atom. The predicted octanol–water partition coefficient (Wildman–Crippen LogP) is 0.976. The molecule has 0 fully saturated rings. The van der Waals surface area contributed by atoms with E-state index in [2.05, 4.69) is 10.6 Å². The number of carbonyl (C=O) groups is 1. The summed E-state index contributed by atoms with van der Waals surface area (Å²) in [4.78, 5) is 11.6. The monoisotopic (exact) mass is 262 g/mol. The van der Waals surface area contributed by atoms with Crippen LogP contribution in [0.4, 0.5) is 0 Å². The fourth-order valence-electron chi connectivity index (χ4n) is 1.28. The molecule has 1 aromatic rings. The van der Waals surface area contributed by atoms with Crippen molar-refractivity contribution in [1.29, 1.82) is 0 Å². The molecule has 2 N–H and O–H groups in total. The van der Waals surface area contributed by atoms with Crippen molar-refractivity contribution in [2.45, 2.75) is 6.92 Å². The second kappa shape index (κ2) is 9.04. The Balaban J connectivity index is 0.00000256. The molecule has 1 rings (SSSR count). The van der Waals surface area contributed by atoms with Gasteiger partial charge in [-0.3, -0.25) is 4.79 Å². The number of methoxy groups -OCH3 is 1. The molecule has 0 aliphatic heterocycles. The number of nitrogens with one attached hydrogen (secondary N) is 2. The number of hydrogen-bond acceptors (Lipinski definition) is 4. The minimum Gasteiger partial charge on any atom is -0.469 e. The van der Waals surface area contributed by atoms with Gasteiger partial charge in [0.1, 0.15) is 5.76 Å². The number of furan rings is 1. The van der Waals surface area contributed by atoms with Crippen molar-refractivity contribution >= 4 is 18.3 Å². The van der Waals surface area contributed by atoms with E-state index in [1.165, 1.54) is 6.26 Å². The second-order valence-electron chi connectivity index (χ2n) is 3.39. The number of rotatable bonds is 7. The van der Waals surface area contributed by atoms with Crippen molar-refractivity contribution in [3.05, 3.63) is 23.7 Å². The molecule has 1 amide bonds. The molecule has 0 spiro atoms. The minimum absolute atomic E-state index is 0. The third-order valence-corrected chi connectivity index (χ3v) is 2.17. The van der Waals surface area contributed by atoms with Crippen LogP contribution in [0.15, 0.2) is 16.7 Å². The Kier molecular flexibility index (Phi) is 8.49. The molecule has 0 unspecified atom stereocenters. The third-order valence-electron chi connectivity index (χ3n) is 2.17. The summed E-state index contributed by atoms with van der Waals surface area (Å²) in [6.45, 7) is 4.55. The van der Waals surface area contributed by atoms with Crippen LogP contribution in [0.5, 0.6) is 0 Å². The van der Waals surface area contributed by atoms with E-state index in [4.69, 9.17) is 9.15 Å². The van der Waals surface area contributed by atoms with Gasteiger partial charge < -0.3 is 19.8 Å². The maximum absolute atomic E-state index is 11.6. The number of halogens is 1. The van der Waals surface area contributed by atoms with Crippen LogP contribution in [0, 0.1) is 6.92 Å². The van der Waals surface area contributed by atoms with Gasteiger partial charge in [0, 0.05) is 26.7 Å². The first-order chi connectivity index (χ1) is 7.75. The van der Waals surface area contributed by atoms with Crippen LogP contribution in [-0.4, -0.2) is 39.3 Å². The van der Waals surface area contributed by atoms with Gasteiger partial charge in [-0.2, -0.15) is 0 Å². The van der Waals surface area contributed by atoms with Crippen molar-refractivity contribution in [1.82, 2.24) is 10.6 Å². The van der Waals surface area contributed by atoms with E-state index in [-0.39, 0.29) is 18.3 Å². The van der Waals surface area contributed by atoms with Crippen LogP contribution >= 0.6 is 12.4 Å². The molecule has 0 aromatic carbocycles. The van der Waals surface area contributed by atoms with Crippen LogP contribution in [0.25, 0.3) is 0 Å². The Hall–Kier alpha value is -1.04. The van der Waals surface area contributed by atoms with E-state index in [0.29, 0.717) is 24.5 Å². The zero-order valence-corrected chi connectivity index (χ0v) is 10.9. The lowest BCUT2D eigenvalue weighted by Gasteiger charge is -2.05. The van der Waals surface area contributed by atoms with Crippen molar-refractivity contribution in [2.24, 2.45) is 0 Å². The Labute approximate surface area is 107 Å². The highest BCUT2D eigenvalue weighted by Gasteiger charge is 2.09. The number of hydrogen-bond donors (Lipinski definition) is 2. The summed E-state index contributed by atoms with van der Waals surface area (Å²) in [5, 5.41) is 5.94. The summed E-state index contributed by atoms with van der Waals surface area (Å²) in [5.74, 6) is 0.546. The van der Waals surface area contributed by atoms with Gasteiger partial charge >= 0.3 is 0 Å². The molecule has 5 nitrogen and oxygen atoms in total. The molecule has 17 heavy (non-hydrogen) atoms. The van der Waals surface area contributed by atoms with E-state index in [1.54, 1.807) is 20.1 Å². The molecule has 0 radical (unpaired) electrons. The van der Waals surface area contributed by atoms with Crippen LogP contribution in [0.3, 0.4) is 0 Å². The molecular weight excluding hydrogens is 244 g/mol. The van der Waals surface area contributed by atoms with Crippen LogP contribution in [0.1, 0.15) is 16.1 Å². The van der Waals surface area contributed by atoms with E-state index >= 15 is 0 Å². The number of amides is 1. The predicted molar refractivity (Wildman–Crippen MR) is 67.8 cm³/mol. The first-order valence-corrected chi connectivity index (χ1v) is 5.27. The van der Waals surface area contributed by atoms with Gasteiger partial charge in [0.05, 0.1) is 18.4 Å². The molecule has 6 heteroatoms. The topological polar surface area (TPSA) is 63.5 Å². The molecule has 98 valence electrons. The smallest absolute Gasteiger partial charge is 0.254 e. The van der Waals surface area contributed by atoms with Crippen LogP contribution in [-0.2, 0) is 4.74 Å². The average molecular weight is 263 g/mol. The molecule has 1 aromatic heterocycles. The lowest BCUT2D eigenvalue weighted by Crippen LogP contribution is -2.33. The van der Waals surface area contributed by atoms with Gasteiger partial charge in [0.15, 0.2) is 0 Å². The summed E-state index contributed by atoms with van der Waals surface area (Å²) >= 11 is 0. The van der Waals surface area contributed by atoms with E-state index < -0.39 is 0 Å². The Bertz CT molecular complexity index is 328. The van der Waals surface area contributed by atoms with Gasteiger partial charge in [-0.15, -0.1) is 12.4 Å². The van der Waals surface area contributed by atoms with Crippen LogP contribution < -0.4 is 10.6 Å². The zero-order valence-electron chi connectivity index (χ0n) is 10.1. The molecular formula is C11H19ClN2O3. The van der Waals surface area contributed by atoms with Gasteiger partial charge in [-0.1, -0.05) is 0 Å².